The summed E-state index contributed by atoms with van der Waals surface area (Å²) in [5.41, 5.74) is 0.947. The van der Waals surface area contributed by atoms with Crippen LogP contribution in [0.25, 0.3) is 0 Å². The van der Waals surface area contributed by atoms with Gasteiger partial charge in [0.15, 0.2) is 0 Å². The molecule has 1 amide bonds. The fraction of sp³-hybridized carbons (Fsp3) is 0.278. The minimum absolute atomic E-state index is 0. The van der Waals surface area contributed by atoms with Crippen molar-refractivity contribution in [1.82, 2.24) is 10.6 Å². The average molecular weight is 418 g/mol. The maximum atomic E-state index is 12.8. The van der Waals surface area contributed by atoms with Crippen LogP contribution in [0.5, 0.6) is 0 Å². The summed E-state index contributed by atoms with van der Waals surface area (Å²) in [5, 5.41) is 7.11. The molecule has 25 heavy (non-hydrogen) atoms. The second-order valence-corrected chi connectivity index (χ2v) is 7.74. The number of carbonyl (C=O) groups is 1. The van der Waals surface area contributed by atoms with E-state index < -0.39 is 0 Å². The lowest BCUT2D eigenvalue weighted by Gasteiger charge is -2.28. The molecule has 0 radical (unpaired) electrons. The quantitative estimate of drug-likeness (QED) is 0.676. The second-order valence-electron chi connectivity index (χ2n) is 5.75. The first-order chi connectivity index (χ1) is 11.6. The Morgan fingerprint density at radius 2 is 1.92 bits per heavy atom. The van der Waals surface area contributed by atoms with Crippen LogP contribution in [0.4, 0.5) is 0 Å². The molecule has 1 aliphatic rings. The standard InChI is InChI=1S/C18H18Cl2N2OS.ClH/c19-14-6-7-15(20)16(8-14)24-17(13-4-2-1-3-5-13)18(23)22-11-12-9-21-10-12;/h1-8,12,17,21H,9-11H2,(H,22,23);1H. The van der Waals surface area contributed by atoms with Crippen molar-refractivity contribution in [3.8, 4) is 0 Å². The van der Waals surface area contributed by atoms with Gasteiger partial charge in [0, 0.05) is 35.5 Å². The molecule has 0 aliphatic carbocycles. The van der Waals surface area contributed by atoms with Crippen molar-refractivity contribution >= 4 is 53.3 Å². The zero-order chi connectivity index (χ0) is 16.9. The maximum absolute atomic E-state index is 12.8. The zero-order valence-corrected chi connectivity index (χ0v) is 16.5. The number of rotatable bonds is 6. The van der Waals surface area contributed by atoms with Gasteiger partial charge in [-0.1, -0.05) is 53.5 Å². The minimum atomic E-state index is -0.366. The van der Waals surface area contributed by atoms with Crippen molar-refractivity contribution in [2.75, 3.05) is 19.6 Å². The van der Waals surface area contributed by atoms with Crippen molar-refractivity contribution in [1.29, 1.82) is 0 Å². The Labute approximate surface area is 168 Å². The molecule has 0 aromatic heterocycles. The van der Waals surface area contributed by atoms with Gasteiger partial charge in [-0.15, -0.1) is 24.2 Å². The molecule has 2 aromatic rings. The van der Waals surface area contributed by atoms with Crippen LogP contribution in [-0.4, -0.2) is 25.5 Å². The van der Waals surface area contributed by atoms with Crippen molar-refractivity contribution in [2.45, 2.75) is 10.1 Å². The second kappa shape index (κ2) is 9.70. The summed E-state index contributed by atoms with van der Waals surface area (Å²) in [4.78, 5) is 13.6. The van der Waals surface area contributed by atoms with Gasteiger partial charge in [0.1, 0.15) is 5.25 Å². The summed E-state index contributed by atoms with van der Waals surface area (Å²) in [6, 6.07) is 15.0. The van der Waals surface area contributed by atoms with Gasteiger partial charge in [-0.05, 0) is 23.8 Å². The molecule has 1 fully saturated rings. The molecule has 7 heteroatoms. The SMILES string of the molecule is Cl.O=C(NCC1CNC1)C(Sc1cc(Cl)ccc1Cl)c1ccccc1. The summed E-state index contributed by atoms with van der Waals surface area (Å²) < 4.78 is 0. The highest BCUT2D eigenvalue weighted by molar-refractivity contribution is 8.00. The Bertz CT molecular complexity index is 711. The highest BCUT2D eigenvalue weighted by Crippen LogP contribution is 2.40. The predicted molar refractivity (Wildman–Crippen MR) is 108 cm³/mol. The molecule has 0 saturated carbocycles. The number of benzene rings is 2. The molecule has 134 valence electrons. The van der Waals surface area contributed by atoms with Crippen molar-refractivity contribution in [3.05, 3.63) is 64.1 Å². The molecule has 3 nitrogen and oxygen atoms in total. The first-order valence-electron chi connectivity index (χ1n) is 7.78. The molecule has 0 bridgehead atoms. The van der Waals surface area contributed by atoms with E-state index in [0.29, 0.717) is 22.5 Å². The molecule has 1 aliphatic heterocycles. The summed E-state index contributed by atoms with van der Waals surface area (Å²) in [6.07, 6.45) is 0. The van der Waals surface area contributed by atoms with Gasteiger partial charge in [0.2, 0.25) is 5.91 Å². The third-order valence-corrected chi connectivity index (χ3v) is 5.90. The first kappa shape index (κ1) is 20.4. The Kier molecular flexibility index (Phi) is 7.91. The highest BCUT2D eigenvalue weighted by Gasteiger charge is 2.25. The molecular weight excluding hydrogens is 399 g/mol. The van der Waals surface area contributed by atoms with Crippen LogP contribution in [0, 0.1) is 5.92 Å². The van der Waals surface area contributed by atoms with E-state index >= 15 is 0 Å². The van der Waals surface area contributed by atoms with E-state index in [4.69, 9.17) is 23.2 Å². The van der Waals surface area contributed by atoms with E-state index in [0.717, 1.165) is 23.5 Å². The third kappa shape index (κ3) is 5.53. The molecule has 0 spiro atoms. The normalized spacial score (nSPS) is 15.0. The summed E-state index contributed by atoms with van der Waals surface area (Å²) in [7, 11) is 0. The summed E-state index contributed by atoms with van der Waals surface area (Å²) in [6.45, 7) is 2.62. The monoisotopic (exact) mass is 416 g/mol. The van der Waals surface area contributed by atoms with Crippen LogP contribution in [0.3, 0.4) is 0 Å². The van der Waals surface area contributed by atoms with E-state index in [1.807, 2.05) is 30.3 Å². The number of nitrogens with one attached hydrogen (secondary N) is 2. The number of hydrogen-bond acceptors (Lipinski definition) is 3. The summed E-state index contributed by atoms with van der Waals surface area (Å²) >= 11 is 13.8. The van der Waals surface area contributed by atoms with Crippen LogP contribution < -0.4 is 10.6 Å². The Morgan fingerprint density at radius 1 is 1.20 bits per heavy atom. The lowest BCUT2D eigenvalue weighted by molar-refractivity contribution is -0.120. The molecule has 1 atom stereocenters. The van der Waals surface area contributed by atoms with E-state index in [9.17, 15) is 4.79 Å². The molecule has 2 N–H and O–H groups in total. The molecule has 2 aromatic carbocycles. The van der Waals surface area contributed by atoms with Crippen LogP contribution >= 0.6 is 47.4 Å². The van der Waals surface area contributed by atoms with E-state index in [2.05, 4.69) is 10.6 Å². The fourth-order valence-electron chi connectivity index (χ4n) is 2.43. The van der Waals surface area contributed by atoms with Crippen LogP contribution in [-0.2, 0) is 4.79 Å². The maximum Gasteiger partial charge on any atom is 0.238 e. The largest absolute Gasteiger partial charge is 0.354 e. The van der Waals surface area contributed by atoms with Gasteiger partial charge in [-0.25, -0.2) is 0 Å². The lowest BCUT2D eigenvalue weighted by atomic mass is 10.0. The van der Waals surface area contributed by atoms with Gasteiger partial charge in [0.05, 0.1) is 5.02 Å². The van der Waals surface area contributed by atoms with Gasteiger partial charge < -0.3 is 10.6 Å². The molecule has 1 heterocycles. The Hall–Kier alpha value is -0.910. The molecular formula is C18H19Cl3N2OS. The minimum Gasteiger partial charge on any atom is -0.354 e. The van der Waals surface area contributed by atoms with Gasteiger partial charge in [0.25, 0.3) is 0 Å². The van der Waals surface area contributed by atoms with Crippen LogP contribution in [0.15, 0.2) is 53.4 Å². The van der Waals surface area contributed by atoms with Crippen LogP contribution in [0.1, 0.15) is 10.8 Å². The Morgan fingerprint density at radius 3 is 2.56 bits per heavy atom. The van der Waals surface area contributed by atoms with Crippen molar-refractivity contribution < 1.29 is 4.79 Å². The van der Waals surface area contributed by atoms with Gasteiger partial charge in [-0.2, -0.15) is 0 Å². The summed E-state index contributed by atoms with van der Waals surface area (Å²) in [5.74, 6) is 0.513. The first-order valence-corrected chi connectivity index (χ1v) is 9.42. The number of amides is 1. The topological polar surface area (TPSA) is 41.1 Å². The van der Waals surface area contributed by atoms with E-state index in [1.54, 1.807) is 18.2 Å². The highest BCUT2D eigenvalue weighted by atomic mass is 35.5. The third-order valence-electron chi connectivity index (χ3n) is 3.91. The van der Waals surface area contributed by atoms with Crippen molar-refractivity contribution in [2.24, 2.45) is 5.92 Å². The van der Waals surface area contributed by atoms with Crippen molar-refractivity contribution in [3.63, 3.8) is 0 Å². The predicted octanol–water partition coefficient (Wildman–Crippen LogP) is 4.58. The Balaban J connectivity index is 0.00000225. The van der Waals surface area contributed by atoms with Crippen LogP contribution in [0.2, 0.25) is 10.0 Å². The number of halogens is 3. The average Bonchev–Trinajstić information content (AvgIpc) is 2.55. The van der Waals surface area contributed by atoms with Gasteiger partial charge in [-0.3, -0.25) is 4.79 Å². The van der Waals surface area contributed by atoms with Gasteiger partial charge >= 0.3 is 0 Å². The number of carbonyl (C=O) groups excluding carboxylic acids is 1. The molecule has 1 saturated heterocycles. The molecule has 1 unspecified atom stereocenters. The zero-order valence-electron chi connectivity index (χ0n) is 13.4. The lowest BCUT2D eigenvalue weighted by Crippen LogP contribution is -2.48. The number of thioether (sulfide) groups is 1. The fourth-order valence-corrected chi connectivity index (χ4v) is 4.03. The van der Waals surface area contributed by atoms with E-state index in [-0.39, 0.29) is 23.6 Å². The van der Waals surface area contributed by atoms with E-state index in [1.165, 1.54) is 11.8 Å². The smallest absolute Gasteiger partial charge is 0.238 e. The molecule has 3 rings (SSSR count). The number of hydrogen-bond donors (Lipinski definition) is 2.